The van der Waals surface area contributed by atoms with Crippen molar-refractivity contribution in [3.63, 3.8) is 0 Å². The normalized spacial score (nSPS) is 14.1. The molecule has 0 spiro atoms. The van der Waals surface area contributed by atoms with E-state index in [4.69, 9.17) is 4.42 Å². The average Bonchev–Trinajstić information content (AvgIpc) is 3.54. The molecule has 0 radical (unpaired) electrons. The van der Waals surface area contributed by atoms with E-state index >= 15 is 0 Å². The number of rotatable bonds is 4. The molecule has 1 aliphatic carbocycles. The van der Waals surface area contributed by atoms with E-state index in [0.717, 1.165) is 51.0 Å². The van der Waals surface area contributed by atoms with Crippen LogP contribution in [0.15, 0.2) is 71.1 Å². The molecule has 0 atom stereocenters. The first kappa shape index (κ1) is 22.6. The summed E-state index contributed by atoms with van der Waals surface area (Å²) in [5.74, 6) is 0.791. The van der Waals surface area contributed by atoms with Crippen molar-refractivity contribution in [2.75, 3.05) is 0 Å². The van der Waals surface area contributed by atoms with Gasteiger partial charge in [0.05, 0.1) is 17.2 Å². The van der Waals surface area contributed by atoms with Gasteiger partial charge in [-0.2, -0.15) is 9.83 Å². The predicted octanol–water partition coefficient (Wildman–Crippen LogP) is 7.97. The number of pyridine rings is 1. The van der Waals surface area contributed by atoms with E-state index in [1.807, 2.05) is 30.3 Å². The molecule has 3 heteroatoms. The van der Waals surface area contributed by atoms with Crippen molar-refractivity contribution in [1.82, 2.24) is 0 Å². The highest BCUT2D eigenvalue weighted by Crippen LogP contribution is 2.42. The lowest BCUT2D eigenvalue weighted by Crippen LogP contribution is -2.35. The molecule has 0 unspecified atom stereocenters. The second-order valence-corrected chi connectivity index (χ2v) is 10.4. The number of aryl methyl sites for hydroxylation is 2. The molecule has 1 saturated carbocycles. The predicted molar refractivity (Wildman–Crippen MR) is 146 cm³/mol. The fourth-order valence-electron chi connectivity index (χ4n) is 6.07. The zero-order valence-corrected chi connectivity index (χ0v) is 21.3. The highest BCUT2D eigenvalue weighted by atomic mass is 16.3. The Balaban J connectivity index is 1.63. The van der Waals surface area contributed by atoms with Crippen LogP contribution in [0.4, 0.5) is 0 Å². The lowest BCUT2D eigenvalue weighted by molar-refractivity contribution is -0.666. The summed E-state index contributed by atoms with van der Waals surface area (Å²) in [5.41, 5.74) is 10.5. The zero-order valence-electron chi connectivity index (χ0n) is 21.3. The average molecular weight is 472 g/mol. The largest absolute Gasteiger partial charge is 0.454 e. The minimum Gasteiger partial charge on any atom is -0.454 e. The number of fused-ring (bicyclic) bond motifs is 3. The van der Waals surface area contributed by atoms with Gasteiger partial charge in [0.2, 0.25) is 5.69 Å². The van der Waals surface area contributed by atoms with E-state index in [0.29, 0.717) is 5.56 Å². The molecule has 0 bridgehead atoms. The summed E-state index contributed by atoms with van der Waals surface area (Å²) < 4.78 is 9.02. The van der Waals surface area contributed by atoms with Gasteiger partial charge in [-0.25, -0.2) is 0 Å². The van der Waals surface area contributed by atoms with Gasteiger partial charge in [-0.3, -0.25) is 0 Å². The maximum atomic E-state index is 9.97. The Hall–Kier alpha value is -3.90. The minimum atomic E-state index is 0.647. The molecular weight excluding hydrogens is 440 g/mol. The van der Waals surface area contributed by atoms with Crippen LogP contribution in [0, 0.1) is 31.1 Å². The monoisotopic (exact) mass is 471 g/mol. The van der Waals surface area contributed by atoms with Crippen LogP contribution in [-0.2, 0) is 13.5 Å². The second kappa shape index (κ2) is 8.95. The molecule has 36 heavy (non-hydrogen) atoms. The molecule has 5 aromatic rings. The number of benzene rings is 3. The molecule has 3 nitrogen and oxygen atoms in total. The van der Waals surface area contributed by atoms with Gasteiger partial charge in [-0.1, -0.05) is 68.1 Å². The zero-order chi connectivity index (χ0) is 24.8. The van der Waals surface area contributed by atoms with Crippen LogP contribution in [0.2, 0.25) is 0 Å². The van der Waals surface area contributed by atoms with Gasteiger partial charge >= 0.3 is 0 Å². The van der Waals surface area contributed by atoms with Crippen molar-refractivity contribution in [3.8, 4) is 28.5 Å². The quantitative estimate of drug-likeness (QED) is 0.249. The maximum Gasteiger partial charge on any atom is 0.216 e. The highest BCUT2D eigenvalue weighted by molar-refractivity contribution is 6.15. The summed E-state index contributed by atoms with van der Waals surface area (Å²) in [6.45, 7) is 4.35. The number of nitriles is 1. The van der Waals surface area contributed by atoms with Crippen LogP contribution in [0.25, 0.3) is 44.3 Å². The van der Waals surface area contributed by atoms with Crippen molar-refractivity contribution in [2.24, 2.45) is 13.0 Å². The van der Waals surface area contributed by atoms with Crippen molar-refractivity contribution in [1.29, 1.82) is 5.26 Å². The van der Waals surface area contributed by atoms with Gasteiger partial charge in [-0.15, -0.1) is 0 Å². The molecule has 2 aromatic heterocycles. The van der Waals surface area contributed by atoms with Crippen LogP contribution >= 0.6 is 0 Å². The number of hydrogen-bond acceptors (Lipinski definition) is 2. The molecule has 0 saturated heterocycles. The summed E-state index contributed by atoms with van der Waals surface area (Å²) in [4.78, 5) is 0. The number of hydrogen-bond donors (Lipinski definition) is 0. The Morgan fingerprint density at radius 1 is 0.944 bits per heavy atom. The summed E-state index contributed by atoms with van der Waals surface area (Å²) in [7, 11) is 2.14. The van der Waals surface area contributed by atoms with E-state index in [1.54, 1.807) is 0 Å². The first-order valence-electron chi connectivity index (χ1n) is 13.0. The van der Waals surface area contributed by atoms with Gasteiger partial charge in [0.25, 0.3) is 0 Å². The van der Waals surface area contributed by atoms with Gasteiger partial charge < -0.3 is 4.42 Å². The summed E-state index contributed by atoms with van der Waals surface area (Å²) in [6.07, 6.45) is 6.54. The van der Waals surface area contributed by atoms with Crippen LogP contribution in [-0.4, -0.2) is 0 Å². The topological polar surface area (TPSA) is 40.8 Å². The Bertz CT molecular complexity index is 1650. The number of aromatic nitrogens is 1. The lowest BCUT2D eigenvalue weighted by Gasteiger charge is -2.12. The van der Waals surface area contributed by atoms with E-state index in [-0.39, 0.29) is 0 Å². The first-order chi connectivity index (χ1) is 17.5. The Kier molecular flexibility index (Phi) is 5.61. The fourth-order valence-corrected chi connectivity index (χ4v) is 6.07. The molecule has 3 aromatic carbocycles. The minimum absolute atomic E-state index is 0.647. The van der Waals surface area contributed by atoms with Crippen molar-refractivity contribution < 1.29 is 8.98 Å². The van der Waals surface area contributed by atoms with Crippen molar-refractivity contribution in [3.05, 3.63) is 89.1 Å². The van der Waals surface area contributed by atoms with Crippen molar-refractivity contribution in [2.45, 2.75) is 46.0 Å². The third-order valence-corrected chi connectivity index (χ3v) is 8.06. The molecular formula is C33H31N2O+. The third kappa shape index (κ3) is 3.69. The number of nitrogens with zero attached hydrogens (tertiary/aromatic N) is 2. The SMILES string of the molecule is Cc1ccc2c(oc3c(-c4ccccc4)ccc(C#N)c32)c1-c1cc(CC2CCCC2)cc(C)[n+]1C. The van der Waals surface area contributed by atoms with E-state index < -0.39 is 0 Å². The smallest absolute Gasteiger partial charge is 0.216 e. The second-order valence-electron chi connectivity index (χ2n) is 10.4. The Labute approximate surface area is 212 Å². The van der Waals surface area contributed by atoms with Crippen LogP contribution < -0.4 is 4.57 Å². The highest BCUT2D eigenvalue weighted by Gasteiger charge is 2.25. The molecule has 1 fully saturated rings. The molecule has 178 valence electrons. The van der Waals surface area contributed by atoms with Crippen molar-refractivity contribution >= 4 is 21.9 Å². The van der Waals surface area contributed by atoms with E-state index in [9.17, 15) is 5.26 Å². The van der Waals surface area contributed by atoms with Crippen LogP contribution in [0.5, 0.6) is 0 Å². The Morgan fingerprint density at radius 2 is 1.72 bits per heavy atom. The van der Waals surface area contributed by atoms with Crippen LogP contribution in [0.1, 0.15) is 48.1 Å². The molecule has 0 aliphatic heterocycles. The van der Waals surface area contributed by atoms with Gasteiger partial charge in [0, 0.05) is 35.4 Å². The summed E-state index contributed by atoms with van der Waals surface area (Å²) in [5, 5.41) is 11.9. The van der Waals surface area contributed by atoms with Crippen LogP contribution in [0.3, 0.4) is 0 Å². The summed E-state index contributed by atoms with van der Waals surface area (Å²) in [6, 6.07) is 25.6. The first-order valence-corrected chi connectivity index (χ1v) is 13.0. The molecule has 6 rings (SSSR count). The van der Waals surface area contributed by atoms with Gasteiger partial charge in [0.15, 0.2) is 5.69 Å². The third-order valence-electron chi connectivity index (χ3n) is 8.06. The standard InChI is InChI=1S/C33H31N2O/c1-21-13-15-28-31-26(20-34)14-16-27(25-11-5-4-6-12-25)32(31)36-33(28)30(21)29-19-24(17-22(2)35(29)3)18-23-9-7-8-10-23/h4-6,11-17,19,23H,7-10,18H2,1-3H3/q+1. The lowest BCUT2D eigenvalue weighted by atomic mass is 9.94. The fraction of sp³-hybridized carbons (Fsp3) is 0.273. The maximum absolute atomic E-state index is 9.97. The summed E-state index contributed by atoms with van der Waals surface area (Å²) >= 11 is 0. The van der Waals surface area contributed by atoms with E-state index in [2.05, 4.69) is 67.9 Å². The number of furan rings is 1. The van der Waals surface area contributed by atoms with Gasteiger partial charge in [0.1, 0.15) is 18.2 Å². The Morgan fingerprint density at radius 3 is 2.47 bits per heavy atom. The van der Waals surface area contributed by atoms with Gasteiger partial charge in [-0.05, 0) is 48.1 Å². The molecule has 0 N–H and O–H groups in total. The van der Waals surface area contributed by atoms with E-state index in [1.165, 1.54) is 48.2 Å². The molecule has 2 heterocycles. The molecule has 1 aliphatic rings. The molecule has 0 amide bonds.